The number of rotatable bonds is 6. The van der Waals surface area contributed by atoms with Gasteiger partial charge in [0.1, 0.15) is 18.7 Å². The van der Waals surface area contributed by atoms with Gasteiger partial charge in [0.05, 0.1) is 43.2 Å². The third-order valence-corrected chi connectivity index (χ3v) is 6.97. The summed E-state index contributed by atoms with van der Waals surface area (Å²) in [6, 6.07) is 10.1. The molecule has 2 aromatic heterocycles. The Bertz CT molecular complexity index is 1390. The van der Waals surface area contributed by atoms with Gasteiger partial charge in [-0.2, -0.15) is 0 Å². The predicted octanol–water partition coefficient (Wildman–Crippen LogP) is 1.49. The minimum Gasteiger partial charge on any atom is -0.486 e. The van der Waals surface area contributed by atoms with Crippen LogP contribution in [0.2, 0.25) is 0 Å². The molecule has 2 saturated heterocycles. The van der Waals surface area contributed by atoms with E-state index in [9.17, 15) is 14.7 Å². The van der Waals surface area contributed by atoms with Crippen molar-refractivity contribution in [2.45, 2.75) is 24.6 Å². The summed E-state index contributed by atoms with van der Waals surface area (Å²) in [7, 11) is 1.55. The number of carbonyl (C=O) groups excluding carboxylic acids is 2. The van der Waals surface area contributed by atoms with Crippen molar-refractivity contribution >= 4 is 34.4 Å². The van der Waals surface area contributed by atoms with Crippen LogP contribution in [0.3, 0.4) is 0 Å². The zero-order chi connectivity index (χ0) is 26.2. The van der Waals surface area contributed by atoms with Gasteiger partial charge in [0, 0.05) is 30.9 Å². The highest BCUT2D eigenvalue weighted by molar-refractivity contribution is 5.96. The number of anilines is 2. The molecule has 0 saturated carbocycles. The lowest BCUT2D eigenvalue weighted by Crippen LogP contribution is -2.44. The highest BCUT2D eigenvalue weighted by atomic mass is 16.6. The van der Waals surface area contributed by atoms with Crippen LogP contribution in [0.1, 0.15) is 6.42 Å². The molecule has 3 atom stereocenters. The number of methoxy groups -OCH3 is 1. The lowest BCUT2D eigenvalue weighted by Gasteiger charge is -2.26. The molecule has 2 N–H and O–H groups in total. The van der Waals surface area contributed by atoms with Crippen LogP contribution in [0.25, 0.3) is 11.0 Å². The number of benzene rings is 1. The summed E-state index contributed by atoms with van der Waals surface area (Å²) in [5, 5.41) is 13.1. The van der Waals surface area contributed by atoms with Crippen LogP contribution < -0.4 is 29.3 Å². The number of fused-ring (bicyclic) bond motifs is 2. The van der Waals surface area contributed by atoms with Gasteiger partial charge in [0.2, 0.25) is 5.88 Å². The third-order valence-electron chi connectivity index (χ3n) is 6.97. The predicted molar refractivity (Wildman–Crippen MR) is 136 cm³/mol. The Morgan fingerprint density at radius 2 is 2.00 bits per heavy atom. The summed E-state index contributed by atoms with van der Waals surface area (Å²) < 4.78 is 21.8. The molecule has 0 aliphatic carbocycles. The number of amides is 2. The van der Waals surface area contributed by atoms with E-state index < -0.39 is 12.2 Å². The SMILES string of the molecule is COc1ccc2nccc(N3C[C@H](NC(=O)[C@@H]4CN(c5ccc6c(c5)OCCO6)C(=O)O4)C[C@H]3CO)c2n1. The Kier molecular flexibility index (Phi) is 6.24. The normalized spacial score (nSPS) is 22.5. The maximum absolute atomic E-state index is 13.1. The molecule has 0 radical (unpaired) electrons. The number of pyridine rings is 2. The summed E-state index contributed by atoms with van der Waals surface area (Å²) in [6.45, 7) is 1.32. The average Bonchev–Trinajstić information content (AvgIpc) is 3.55. The van der Waals surface area contributed by atoms with Crippen molar-refractivity contribution in [2.75, 3.05) is 49.8 Å². The maximum Gasteiger partial charge on any atom is 0.415 e. The largest absolute Gasteiger partial charge is 0.486 e. The molecule has 12 nitrogen and oxygen atoms in total. The van der Waals surface area contributed by atoms with E-state index in [1.54, 1.807) is 37.6 Å². The smallest absolute Gasteiger partial charge is 0.415 e. The van der Waals surface area contributed by atoms with E-state index in [1.165, 1.54) is 4.90 Å². The molecule has 5 heterocycles. The average molecular weight is 522 g/mol. The zero-order valence-corrected chi connectivity index (χ0v) is 20.7. The van der Waals surface area contributed by atoms with Crippen molar-refractivity contribution in [1.82, 2.24) is 15.3 Å². The van der Waals surface area contributed by atoms with Crippen molar-refractivity contribution in [3.05, 3.63) is 42.6 Å². The summed E-state index contributed by atoms with van der Waals surface area (Å²) in [5.41, 5.74) is 2.71. The van der Waals surface area contributed by atoms with Crippen LogP contribution in [0.15, 0.2) is 42.6 Å². The Morgan fingerprint density at radius 1 is 1.16 bits per heavy atom. The Balaban J connectivity index is 1.15. The first-order chi connectivity index (χ1) is 18.5. The standard InChI is InChI=1S/C26H27N5O7/c1-35-23-5-3-18-24(29-23)19(6-7-27-18)30-12-15(10-17(30)14-32)28-25(33)22-13-31(26(34)38-22)16-2-4-20-21(11-16)37-9-8-36-20/h2-7,11,15,17,22,32H,8-10,12-14H2,1H3,(H,28,33)/t15-,17+,22+/m1/s1. The van der Waals surface area contributed by atoms with Gasteiger partial charge in [-0.25, -0.2) is 9.78 Å². The van der Waals surface area contributed by atoms with Crippen LogP contribution in [0.4, 0.5) is 16.2 Å². The fraction of sp³-hybridized carbons (Fsp3) is 0.385. The molecule has 0 unspecified atom stereocenters. The summed E-state index contributed by atoms with van der Waals surface area (Å²) in [4.78, 5) is 38.1. The van der Waals surface area contributed by atoms with Crippen LogP contribution in [-0.2, 0) is 9.53 Å². The molecular weight excluding hydrogens is 494 g/mol. The van der Waals surface area contributed by atoms with Crippen molar-refractivity contribution in [2.24, 2.45) is 0 Å². The molecule has 3 aromatic rings. The van der Waals surface area contributed by atoms with Crippen molar-refractivity contribution in [3.63, 3.8) is 0 Å². The quantitative estimate of drug-likeness (QED) is 0.491. The van der Waals surface area contributed by atoms with Crippen molar-refractivity contribution in [1.29, 1.82) is 0 Å². The van der Waals surface area contributed by atoms with Crippen LogP contribution in [-0.4, -0.2) is 85.3 Å². The van der Waals surface area contributed by atoms with E-state index in [4.69, 9.17) is 18.9 Å². The van der Waals surface area contributed by atoms with Crippen LogP contribution >= 0.6 is 0 Å². The number of aliphatic hydroxyl groups is 1. The summed E-state index contributed by atoms with van der Waals surface area (Å²) in [6.07, 6.45) is 0.635. The number of nitrogens with zero attached hydrogens (tertiary/aromatic N) is 4. The molecule has 1 aromatic carbocycles. The molecule has 6 rings (SSSR count). The third kappa shape index (κ3) is 4.36. The number of hydrogen-bond acceptors (Lipinski definition) is 10. The Hall–Kier alpha value is -4.32. The van der Waals surface area contributed by atoms with E-state index in [0.29, 0.717) is 60.3 Å². The lowest BCUT2D eigenvalue weighted by molar-refractivity contribution is -0.128. The fourth-order valence-corrected chi connectivity index (χ4v) is 5.13. The Morgan fingerprint density at radius 3 is 2.82 bits per heavy atom. The second-order valence-corrected chi connectivity index (χ2v) is 9.29. The van der Waals surface area contributed by atoms with Crippen LogP contribution in [0.5, 0.6) is 17.4 Å². The van der Waals surface area contributed by atoms with Crippen molar-refractivity contribution < 1.29 is 33.6 Å². The second-order valence-electron chi connectivity index (χ2n) is 9.29. The number of cyclic esters (lactones) is 1. The first-order valence-corrected chi connectivity index (χ1v) is 12.4. The van der Waals surface area contributed by atoms with E-state index in [1.807, 2.05) is 17.0 Å². The van der Waals surface area contributed by atoms with Gasteiger partial charge in [-0.15, -0.1) is 0 Å². The minimum atomic E-state index is -0.968. The van der Waals surface area contributed by atoms with E-state index >= 15 is 0 Å². The molecule has 198 valence electrons. The lowest BCUT2D eigenvalue weighted by atomic mass is 10.1. The highest BCUT2D eigenvalue weighted by Gasteiger charge is 2.40. The first-order valence-electron chi connectivity index (χ1n) is 12.4. The van der Waals surface area contributed by atoms with E-state index in [0.717, 1.165) is 5.69 Å². The number of nitrogens with one attached hydrogen (secondary N) is 1. The molecule has 38 heavy (non-hydrogen) atoms. The number of ether oxygens (including phenoxy) is 4. The highest BCUT2D eigenvalue weighted by Crippen LogP contribution is 2.36. The fourth-order valence-electron chi connectivity index (χ4n) is 5.13. The molecule has 0 spiro atoms. The molecule has 2 amide bonds. The molecule has 3 aliphatic heterocycles. The van der Waals surface area contributed by atoms with Gasteiger partial charge in [0.25, 0.3) is 5.91 Å². The molecular formula is C26H27N5O7. The van der Waals surface area contributed by atoms with E-state index in [-0.39, 0.29) is 31.1 Å². The molecule has 3 aliphatic rings. The maximum atomic E-state index is 13.1. The number of hydrogen-bond donors (Lipinski definition) is 2. The van der Waals surface area contributed by atoms with Gasteiger partial charge < -0.3 is 34.3 Å². The molecule has 2 fully saturated rings. The van der Waals surface area contributed by atoms with Gasteiger partial charge in [-0.05, 0) is 30.7 Å². The summed E-state index contributed by atoms with van der Waals surface area (Å²) >= 11 is 0. The first kappa shape index (κ1) is 24.0. The van der Waals surface area contributed by atoms with Gasteiger partial charge in [0.15, 0.2) is 17.6 Å². The summed E-state index contributed by atoms with van der Waals surface area (Å²) in [5.74, 6) is 1.23. The topological polar surface area (TPSA) is 136 Å². The monoisotopic (exact) mass is 521 g/mol. The minimum absolute atomic E-state index is 0.0723. The van der Waals surface area contributed by atoms with Gasteiger partial charge in [-0.1, -0.05) is 0 Å². The number of aliphatic hydroxyl groups excluding tert-OH is 1. The van der Waals surface area contributed by atoms with Crippen LogP contribution in [0, 0.1) is 0 Å². The van der Waals surface area contributed by atoms with E-state index in [2.05, 4.69) is 15.3 Å². The number of aromatic nitrogens is 2. The molecule has 12 heteroatoms. The molecule has 0 bridgehead atoms. The van der Waals surface area contributed by atoms with Gasteiger partial charge in [-0.3, -0.25) is 14.7 Å². The Labute approximate surface area is 218 Å². The zero-order valence-electron chi connectivity index (χ0n) is 20.7. The second kappa shape index (κ2) is 9.86. The van der Waals surface area contributed by atoms with Gasteiger partial charge >= 0.3 is 6.09 Å². The van der Waals surface area contributed by atoms with Crippen molar-refractivity contribution in [3.8, 4) is 17.4 Å². The number of carbonyl (C=O) groups is 2.